The van der Waals surface area contributed by atoms with Gasteiger partial charge in [-0.2, -0.15) is 11.8 Å². The highest BCUT2D eigenvalue weighted by atomic mass is 32.2. The van der Waals surface area contributed by atoms with E-state index < -0.39 is 5.97 Å². The maximum absolute atomic E-state index is 11.4. The smallest absolute Gasteiger partial charge is 0.340 e. The van der Waals surface area contributed by atoms with Gasteiger partial charge < -0.3 is 15.8 Å². The van der Waals surface area contributed by atoms with Crippen molar-refractivity contribution in [2.24, 2.45) is 0 Å². The van der Waals surface area contributed by atoms with Gasteiger partial charge in [0, 0.05) is 6.54 Å². The molecule has 1 aromatic heterocycles. The summed E-state index contributed by atoms with van der Waals surface area (Å²) in [5, 5.41) is 3.17. The van der Waals surface area contributed by atoms with Crippen molar-refractivity contribution in [3.8, 4) is 0 Å². The summed E-state index contributed by atoms with van der Waals surface area (Å²) in [5.74, 6) is 1.36. The second kappa shape index (κ2) is 7.81. The summed E-state index contributed by atoms with van der Waals surface area (Å²) in [5.41, 5.74) is 6.34. The number of ether oxygens (including phenoxy) is 1. The van der Waals surface area contributed by atoms with E-state index in [2.05, 4.69) is 21.3 Å². The number of hydrogen-bond donors (Lipinski definition) is 2. The van der Waals surface area contributed by atoms with Gasteiger partial charge in [-0.05, 0) is 30.9 Å². The van der Waals surface area contributed by atoms with Crippen LogP contribution < -0.4 is 11.1 Å². The van der Waals surface area contributed by atoms with E-state index in [0.717, 1.165) is 25.1 Å². The van der Waals surface area contributed by atoms with Gasteiger partial charge in [0.05, 0.1) is 24.6 Å². The Hall–Kier alpha value is -1.43. The number of pyridine rings is 1. The number of nitrogens with one attached hydrogen (secondary N) is 1. The van der Waals surface area contributed by atoms with Crippen LogP contribution in [-0.4, -0.2) is 36.6 Å². The minimum absolute atomic E-state index is 0.329. The largest absolute Gasteiger partial charge is 0.465 e. The van der Waals surface area contributed by atoms with Gasteiger partial charge in [-0.25, -0.2) is 9.78 Å². The normalized spacial score (nSPS) is 10.1. The number of thioether (sulfide) groups is 1. The number of methoxy groups -OCH3 is 1. The third-order valence-corrected chi connectivity index (χ3v) is 3.12. The van der Waals surface area contributed by atoms with E-state index in [1.807, 2.05) is 11.8 Å². The summed E-state index contributed by atoms with van der Waals surface area (Å²) in [6, 6.07) is 1.62. The van der Waals surface area contributed by atoms with Crippen molar-refractivity contribution >= 4 is 29.2 Å². The van der Waals surface area contributed by atoms with Gasteiger partial charge in [0.1, 0.15) is 5.82 Å². The minimum atomic E-state index is -0.444. The Kier molecular flexibility index (Phi) is 6.35. The lowest BCUT2D eigenvalue weighted by molar-refractivity contribution is 0.0602. The molecule has 18 heavy (non-hydrogen) atoms. The molecule has 0 atom stereocenters. The van der Waals surface area contributed by atoms with Crippen molar-refractivity contribution in [3.05, 3.63) is 17.8 Å². The fourth-order valence-electron chi connectivity index (χ4n) is 1.44. The molecule has 0 saturated carbocycles. The van der Waals surface area contributed by atoms with Gasteiger partial charge in [-0.1, -0.05) is 0 Å². The molecule has 100 valence electrons. The molecule has 0 amide bonds. The van der Waals surface area contributed by atoms with Crippen LogP contribution in [0.15, 0.2) is 12.3 Å². The predicted molar refractivity (Wildman–Crippen MR) is 76.1 cm³/mol. The van der Waals surface area contributed by atoms with Gasteiger partial charge in [0.15, 0.2) is 0 Å². The highest BCUT2D eigenvalue weighted by Gasteiger charge is 2.11. The Morgan fingerprint density at radius 2 is 2.33 bits per heavy atom. The quantitative estimate of drug-likeness (QED) is 0.582. The molecule has 3 N–H and O–H groups in total. The summed E-state index contributed by atoms with van der Waals surface area (Å²) in [4.78, 5) is 15.6. The second-order valence-corrected chi connectivity index (χ2v) is 4.76. The fraction of sp³-hybridized carbons (Fsp3) is 0.500. The van der Waals surface area contributed by atoms with Gasteiger partial charge in [-0.15, -0.1) is 0 Å². The minimum Gasteiger partial charge on any atom is -0.465 e. The Labute approximate surface area is 111 Å². The van der Waals surface area contributed by atoms with Crippen molar-refractivity contribution < 1.29 is 9.53 Å². The van der Waals surface area contributed by atoms with Crippen LogP contribution in [-0.2, 0) is 4.74 Å². The lowest BCUT2D eigenvalue weighted by Crippen LogP contribution is -2.09. The number of hydrogen-bond acceptors (Lipinski definition) is 6. The van der Waals surface area contributed by atoms with E-state index in [9.17, 15) is 4.79 Å². The molecule has 0 saturated heterocycles. The molecule has 0 aliphatic rings. The predicted octanol–water partition coefficient (Wildman–Crippen LogP) is 2.01. The molecule has 0 spiro atoms. The number of carbonyl (C=O) groups excluding carboxylic acids is 1. The standard InChI is InChI=1S/C12H19N3O2S/c1-17-12(16)9-7-11(15-8-10(9)13)14-5-3-4-6-18-2/h7-8H,3-6,13H2,1-2H3,(H,14,15). The first kappa shape index (κ1) is 14.6. The summed E-state index contributed by atoms with van der Waals surface area (Å²) >= 11 is 1.84. The molecule has 0 aliphatic carbocycles. The summed E-state index contributed by atoms with van der Waals surface area (Å²) in [7, 11) is 1.33. The average Bonchev–Trinajstić information content (AvgIpc) is 2.39. The third-order valence-electron chi connectivity index (χ3n) is 2.42. The Morgan fingerprint density at radius 1 is 1.56 bits per heavy atom. The summed E-state index contributed by atoms with van der Waals surface area (Å²) < 4.78 is 4.65. The van der Waals surface area contributed by atoms with Crippen LogP contribution in [0.4, 0.5) is 11.5 Å². The monoisotopic (exact) mass is 269 g/mol. The molecule has 1 rings (SSSR count). The van der Waals surface area contributed by atoms with Crippen LogP contribution in [0, 0.1) is 0 Å². The van der Waals surface area contributed by atoms with E-state index in [4.69, 9.17) is 5.73 Å². The SMILES string of the molecule is COC(=O)c1cc(NCCCCSC)ncc1N. The van der Waals surface area contributed by atoms with Crippen molar-refractivity contribution in [1.29, 1.82) is 0 Å². The molecule has 1 heterocycles. The molecular formula is C12H19N3O2S. The number of nitrogens with two attached hydrogens (primary N) is 1. The zero-order chi connectivity index (χ0) is 13.4. The van der Waals surface area contributed by atoms with Crippen LogP contribution in [0.1, 0.15) is 23.2 Å². The molecule has 6 heteroatoms. The number of unbranched alkanes of at least 4 members (excludes halogenated alkanes) is 1. The molecule has 0 fully saturated rings. The molecular weight excluding hydrogens is 250 g/mol. The van der Waals surface area contributed by atoms with Crippen molar-refractivity contribution in [3.63, 3.8) is 0 Å². The lowest BCUT2D eigenvalue weighted by Gasteiger charge is -2.08. The number of nitrogen functional groups attached to an aromatic ring is 1. The van der Waals surface area contributed by atoms with Crippen molar-refractivity contribution in [1.82, 2.24) is 4.98 Å². The molecule has 5 nitrogen and oxygen atoms in total. The number of rotatable bonds is 7. The first-order chi connectivity index (χ1) is 8.69. The lowest BCUT2D eigenvalue weighted by atomic mass is 10.2. The summed E-state index contributed by atoms with van der Waals surface area (Å²) in [6.45, 7) is 0.831. The zero-order valence-electron chi connectivity index (χ0n) is 10.7. The number of esters is 1. The van der Waals surface area contributed by atoms with Gasteiger partial charge in [0.25, 0.3) is 0 Å². The number of aromatic nitrogens is 1. The van der Waals surface area contributed by atoms with E-state index in [0.29, 0.717) is 17.1 Å². The Bertz CT molecular complexity index is 399. The third kappa shape index (κ3) is 4.44. The Balaban J connectivity index is 2.54. The molecule has 1 aromatic rings. The highest BCUT2D eigenvalue weighted by Crippen LogP contribution is 2.15. The number of carbonyl (C=O) groups is 1. The van der Waals surface area contributed by atoms with Crippen LogP contribution in [0.2, 0.25) is 0 Å². The van der Waals surface area contributed by atoms with E-state index >= 15 is 0 Å². The molecule has 0 aliphatic heterocycles. The zero-order valence-corrected chi connectivity index (χ0v) is 11.5. The maximum Gasteiger partial charge on any atom is 0.340 e. The van der Waals surface area contributed by atoms with Crippen molar-refractivity contribution in [2.45, 2.75) is 12.8 Å². The highest BCUT2D eigenvalue weighted by molar-refractivity contribution is 7.98. The van der Waals surface area contributed by atoms with Crippen LogP contribution in [0.5, 0.6) is 0 Å². The van der Waals surface area contributed by atoms with E-state index in [1.165, 1.54) is 13.3 Å². The van der Waals surface area contributed by atoms with Crippen LogP contribution in [0.3, 0.4) is 0 Å². The van der Waals surface area contributed by atoms with Gasteiger partial charge in [0.2, 0.25) is 0 Å². The average molecular weight is 269 g/mol. The second-order valence-electron chi connectivity index (χ2n) is 3.78. The summed E-state index contributed by atoms with van der Waals surface area (Å²) in [6.07, 6.45) is 5.79. The molecule has 0 bridgehead atoms. The molecule has 0 unspecified atom stereocenters. The molecule has 0 aromatic carbocycles. The Morgan fingerprint density at radius 3 is 3.00 bits per heavy atom. The fourth-order valence-corrected chi connectivity index (χ4v) is 1.93. The van der Waals surface area contributed by atoms with Crippen LogP contribution in [0.25, 0.3) is 0 Å². The van der Waals surface area contributed by atoms with Gasteiger partial charge >= 0.3 is 5.97 Å². The molecule has 0 radical (unpaired) electrons. The maximum atomic E-state index is 11.4. The van der Waals surface area contributed by atoms with Crippen LogP contribution >= 0.6 is 11.8 Å². The topological polar surface area (TPSA) is 77.2 Å². The number of anilines is 2. The van der Waals surface area contributed by atoms with Crippen molar-refractivity contribution in [2.75, 3.05) is 36.7 Å². The number of nitrogens with zero attached hydrogens (tertiary/aromatic N) is 1. The van der Waals surface area contributed by atoms with Gasteiger partial charge in [-0.3, -0.25) is 0 Å². The first-order valence-corrected chi connectivity index (χ1v) is 7.15. The van der Waals surface area contributed by atoms with E-state index in [-0.39, 0.29) is 0 Å². The van der Waals surface area contributed by atoms with E-state index in [1.54, 1.807) is 6.07 Å². The first-order valence-electron chi connectivity index (χ1n) is 5.75.